The van der Waals surface area contributed by atoms with Gasteiger partial charge in [-0.3, -0.25) is 4.68 Å². The summed E-state index contributed by atoms with van der Waals surface area (Å²) in [7, 11) is 1.85. The maximum Gasteiger partial charge on any atom is 0.121 e. The molecule has 0 spiro atoms. The van der Waals surface area contributed by atoms with E-state index in [1.54, 1.807) is 10.9 Å². The second kappa shape index (κ2) is 4.00. The van der Waals surface area contributed by atoms with Gasteiger partial charge < -0.3 is 5.11 Å². The molecule has 17 heavy (non-hydrogen) atoms. The normalized spacial score (nSPS) is 17.1. The lowest BCUT2D eigenvalue weighted by Crippen LogP contribution is -2.06. The molecule has 1 unspecified atom stereocenters. The molecule has 1 aliphatic rings. The molecule has 1 saturated carbocycles. The zero-order valence-electron chi connectivity index (χ0n) is 9.87. The third kappa shape index (κ3) is 1.98. The highest BCUT2D eigenvalue weighted by Crippen LogP contribution is 2.40. The Hall–Kier alpha value is -1.61. The Bertz CT molecular complexity index is 529. The quantitative estimate of drug-likeness (QED) is 0.875. The maximum absolute atomic E-state index is 10.3. The van der Waals surface area contributed by atoms with E-state index in [1.807, 2.05) is 25.2 Å². The van der Waals surface area contributed by atoms with Gasteiger partial charge in [-0.2, -0.15) is 5.10 Å². The number of nitrogens with zero attached hydrogens (tertiary/aromatic N) is 2. The van der Waals surface area contributed by atoms with Crippen molar-refractivity contribution in [1.29, 1.82) is 0 Å². The van der Waals surface area contributed by atoms with E-state index in [0.717, 1.165) is 11.3 Å². The van der Waals surface area contributed by atoms with Gasteiger partial charge >= 0.3 is 0 Å². The number of aryl methyl sites for hydroxylation is 1. The van der Waals surface area contributed by atoms with Crippen molar-refractivity contribution in [3.8, 4) is 0 Å². The summed E-state index contributed by atoms with van der Waals surface area (Å²) in [5.41, 5.74) is 3.14. The third-order valence-electron chi connectivity index (χ3n) is 3.41. The molecular formula is C14H16N2O. The number of hydrogen-bond acceptors (Lipinski definition) is 2. The number of rotatable bonds is 3. The number of hydrogen-bond donors (Lipinski definition) is 1. The molecule has 0 amide bonds. The molecule has 1 aliphatic carbocycles. The zero-order valence-corrected chi connectivity index (χ0v) is 9.87. The fourth-order valence-electron chi connectivity index (χ4n) is 2.22. The molecular weight excluding hydrogens is 212 g/mol. The molecule has 3 nitrogen and oxygen atoms in total. The molecule has 0 saturated heterocycles. The van der Waals surface area contributed by atoms with Gasteiger partial charge in [0, 0.05) is 13.2 Å². The van der Waals surface area contributed by atoms with Gasteiger partial charge in [0.15, 0.2) is 0 Å². The Kier molecular flexibility index (Phi) is 2.48. The molecule has 88 valence electrons. The molecule has 1 atom stereocenters. The second-order valence-corrected chi connectivity index (χ2v) is 4.73. The van der Waals surface area contributed by atoms with Crippen LogP contribution in [0.1, 0.15) is 41.7 Å². The average molecular weight is 228 g/mol. The van der Waals surface area contributed by atoms with Crippen LogP contribution in [0, 0.1) is 0 Å². The first-order valence-corrected chi connectivity index (χ1v) is 6.01. The number of benzene rings is 1. The monoisotopic (exact) mass is 228 g/mol. The highest BCUT2D eigenvalue weighted by atomic mass is 16.3. The minimum Gasteiger partial charge on any atom is -0.382 e. The van der Waals surface area contributed by atoms with Crippen LogP contribution in [0.4, 0.5) is 0 Å². The third-order valence-corrected chi connectivity index (χ3v) is 3.41. The zero-order chi connectivity index (χ0) is 11.8. The minimum atomic E-state index is -0.582. The van der Waals surface area contributed by atoms with E-state index >= 15 is 0 Å². The van der Waals surface area contributed by atoms with Crippen molar-refractivity contribution in [2.24, 2.45) is 7.05 Å². The van der Waals surface area contributed by atoms with Crippen molar-refractivity contribution in [3.63, 3.8) is 0 Å². The van der Waals surface area contributed by atoms with E-state index in [9.17, 15) is 5.11 Å². The van der Waals surface area contributed by atoms with Crippen LogP contribution >= 0.6 is 0 Å². The van der Waals surface area contributed by atoms with E-state index in [1.165, 1.54) is 18.4 Å². The highest BCUT2D eigenvalue weighted by molar-refractivity contribution is 5.33. The molecule has 3 heteroatoms. The molecule has 1 fully saturated rings. The molecule has 0 aliphatic heterocycles. The minimum absolute atomic E-state index is 0.582. The predicted molar refractivity (Wildman–Crippen MR) is 65.7 cm³/mol. The van der Waals surface area contributed by atoms with Crippen molar-refractivity contribution in [2.45, 2.75) is 24.9 Å². The van der Waals surface area contributed by atoms with E-state index in [2.05, 4.69) is 17.2 Å². The van der Waals surface area contributed by atoms with Gasteiger partial charge in [-0.05, 0) is 36.0 Å². The lowest BCUT2D eigenvalue weighted by Gasteiger charge is -2.12. The Morgan fingerprint density at radius 1 is 1.35 bits per heavy atom. The summed E-state index contributed by atoms with van der Waals surface area (Å²) >= 11 is 0. The van der Waals surface area contributed by atoms with Gasteiger partial charge in [0.25, 0.3) is 0 Å². The van der Waals surface area contributed by atoms with Crippen molar-refractivity contribution >= 4 is 0 Å². The fourth-order valence-corrected chi connectivity index (χ4v) is 2.22. The summed E-state index contributed by atoms with van der Waals surface area (Å²) in [6, 6.07) is 10.1. The summed E-state index contributed by atoms with van der Waals surface area (Å²) in [5.74, 6) is 0.716. The van der Waals surface area contributed by atoms with Crippen LogP contribution < -0.4 is 0 Å². The van der Waals surface area contributed by atoms with Crippen LogP contribution in [-0.4, -0.2) is 14.9 Å². The smallest absolute Gasteiger partial charge is 0.121 e. The molecule has 1 N–H and O–H groups in total. The first-order valence-electron chi connectivity index (χ1n) is 6.01. The first-order chi connectivity index (χ1) is 8.25. The van der Waals surface area contributed by atoms with Crippen molar-refractivity contribution < 1.29 is 5.11 Å². The Labute approximate surface area is 101 Å². The topological polar surface area (TPSA) is 38.0 Å². The number of aromatic nitrogens is 2. The summed E-state index contributed by atoms with van der Waals surface area (Å²) < 4.78 is 1.72. The van der Waals surface area contributed by atoms with Crippen LogP contribution in [-0.2, 0) is 7.05 Å². The van der Waals surface area contributed by atoms with Crippen molar-refractivity contribution in [2.75, 3.05) is 0 Å². The van der Waals surface area contributed by atoms with E-state index in [0.29, 0.717) is 5.92 Å². The van der Waals surface area contributed by atoms with Gasteiger partial charge in [0.2, 0.25) is 0 Å². The Morgan fingerprint density at radius 2 is 2.18 bits per heavy atom. The van der Waals surface area contributed by atoms with Gasteiger partial charge in [-0.1, -0.05) is 24.3 Å². The molecule has 3 rings (SSSR count). The van der Waals surface area contributed by atoms with Crippen molar-refractivity contribution in [3.05, 3.63) is 53.3 Å². The number of aliphatic hydroxyl groups excluding tert-OH is 1. The van der Waals surface area contributed by atoms with Crippen LogP contribution in [0.15, 0.2) is 36.5 Å². The predicted octanol–water partition coefficient (Wildman–Crippen LogP) is 2.38. The summed E-state index contributed by atoms with van der Waals surface area (Å²) in [4.78, 5) is 0. The molecule has 1 heterocycles. The lowest BCUT2D eigenvalue weighted by molar-refractivity contribution is 0.209. The molecule has 0 bridgehead atoms. The van der Waals surface area contributed by atoms with Crippen LogP contribution in [0.3, 0.4) is 0 Å². The number of aliphatic hydroxyl groups is 1. The first kappa shape index (κ1) is 10.5. The van der Waals surface area contributed by atoms with Crippen LogP contribution in [0.25, 0.3) is 0 Å². The molecule has 1 aromatic carbocycles. The van der Waals surface area contributed by atoms with Gasteiger partial charge in [0.05, 0.1) is 5.69 Å². The summed E-state index contributed by atoms with van der Waals surface area (Å²) in [6.45, 7) is 0. The highest BCUT2D eigenvalue weighted by Gasteiger charge is 2.24. The van der Waals surface area contributed by atoms with Gasteiger partial charge in [-0.15, -0.1) is 0 Å². The fraction of sp³-hybridized carbons (Fsp3) is 0.357. The van der Waals surface area contributed by atoms with E-state index in [-0.39, 0.29) is 0 Å². The molecule has 2 aromatic rings. The van der Waals surface area contributed by atoms with Crippen LogP contribution in [0.2, 0.25) is 0 Å². The van der Waals surface area contributed by atoms with E-state index < -0.39 is 6.10 Å². The van der Waals surface area contributed by atoms with Gasteiger partial charge in [-0.25, -0.2) is 0 Å². The second-order valence-electron chi connectivity index (χ2n) is 4.73. The largest absolute Gasteiger partial charge is 0.382 e. The van der Waals surface area contributed by atoms with E-state index in [4.69, 9.17) is 0 Å². The molecule has 1 aromatic heterocycles. The van der Waals surface area contributed by atoms with Gasteiger partial charge in [0.1, 0.15) is 6.10 Å². The summed E-state index contributed by atoms with van der Waals surface area (Å²) in [5, 5.41) is 14.4. The Balaban J connectivity index is 1.93. The SMILES string of the molecule is Cn1nccc1C(O)c1cccc(C2CC2)c1. The average Bonchev–Trinajstić information content (AvgIpc) is 3.12. The lowest BCUT2D eigenvalue weighted by atomic mass is 10.0. The standard InChI is InChI=1S/C14H16N2O/c1-16-13(7-8-15-16)14(17)12-4-2-3-11(9-12)10-5-6-10/h2-4,7-10,14,17H,5-6H2,1H3. The Morgan fingerprint density at radius 3 is 2.82 bits per heavy atom. The van der Waals surface area contributed by atoms with Crippen molar-refractivity contribution in [1.82, 2.24) is 9.78 Å². The molecule has 0 radical (unpaired) electrons. The maximum atomic E-state index is 10.3. The summed E-state index contributed by atoms with van der Waals surface area (Å²) in [6.07, 6.45) is 3.70. The van der Waals surface area contributed by atoms with Crippen LogP contribution in [0.5, 0.6) is 0 Å².